The number of methoxy groups -OCH3 is 1. The van der Waals surface area contributed by atoms with Crippen molar-refractivity contribution in [1.29, 1.82) is 0 Å². The molecule has 0 aliphatic rings. The average Bonchev–Trinajstić information content (AvgIpc) is 2.43. The minimum absolute atomic E-state index is 0.278. The SMILES string of the molecule is COc1cc(C(O)Cc2cc(F)ccc2C)ccc1C. The number of hydrogen-bond donors (Lipinski definition) is 1. The van der Waals surface area contributed by atoms with Crippen LogP contribution in [0.2, 0.25) is 0 Å². The summed E-state index contributed by atoms with van der Waals surface area (Å²) in [6.45, 7) is 3.86. The van der Waals surface area contributed by atoms with Crippen LogP contribution in [0.25, 0.3) is 0 Å². The van der Waals surface area contributed by atoms with Crippen LogP contribution < -0.4 is 4.74 Å². The second-order valence-corrected chi connectivity index (χ2v) is 5.02. The molecule has 2 rings (SSSR count). The second-order valence-electron chi connectivity index (χ2n) is 5.02. The van der Waals surface area contributed by atoms with Crippen LogP contribution in [0.3, 0.4) is 0 Å². The Labute approximate surface area is 118 Å². The fourth-order valence-electron chi connectivity index (χ4n) is 2.23. The van der Waals surface area contributed by atoms with E-state index in [2.05, 4.69) is 0 Å². The third kappa shape index (κ3) is 3.17. The van der Waals surface area contributed by atoms with Gasteiger partial charge in [-0.05, 0) is 54.3 Å². The maximum atomic E-state index is 13.3. The van der Waals surface area contributed by atoms with Gasteiger partial charge in [0, 0.05) is 6.42 Å². The van der Waals surface area contributed by atoms with E-state index >= 15 is 0 Å². The van der Waals surface area contributed by atoms with E-state index in [0.29, 0.717) is 6.42 Å². The lowest BCUT2D eigenvalue weighted by Gasteiger charge is -2.15. The zero-order chi connectivity index (χ0) is 14.7. The van der Waals surface area contributed by atoms with Crippen LogP contribution in [-0.4, -0.2) is 12.2 Å². The molecule has 0 bridgehead atoms. The zero-order valence-corrected chi connectivity index (χ0v) is 12.0. The van der Waals surface area contributed by atoms with Gasteiger partial charge >= 0.3 is 0 Å². The van der Waals surface area contributed by atoms with Gasteiger partial charge in [-0.15, -0.1) is 0 Å². The zero-order valence-electron chi connectivity index (χ0n) is 12.0. The number of aryl methyl sites for hydroxylation is 2. The molecule has 0 radical (unpaired) electrons. The molecule has 0 fully saturated rings. The van der Waals surface area contributed by atoms with Gasteiger partial charge in [-0.2, -0.15) is 0 Å². The summed E-state index contributed by atoms with van der Waals surface area (Å²) in [4.78, 5) is 0. The minimum Gasteiger partial charge on any atom is -0.496 e. The van der Waals surface area contributed by atoms with Gasteiger partial charge in [0.25, 0.3) is 0 Å². The van der Waals surface area contributed by atoms with Crippen LogP contribution in [-0.2, 0) is 6.42 Å². The molecular formula is C17H19FO2. The Bertz CT molecular complexity index is 608. The van der Waals surface area contributed by atoms with E-state index in [-0.39, 0.29) is 5.82 Å². The highest BCUT2D eigenvalue weighted by molar-refractivity contribution is 5.38. The summed E-state index contributed by atoms with van der Waals surface area (Å²) in [5.41, 5.74) is 3.59. The summed E-state index contributed by atoms with van der Waals surface area (Å²) in [6.07, 6.45) is -0.291. The Morgan fingerprint density at radius 2 is 1.80 bits per heavy atom. The van der Waals surface area contributed by atoms with E-state index < -0.39 is 6.10 Å². The first-order chi connectivity index (χ1) is 9.51. The van der Waals surface area contributed by atoms with Gasteiger partial charge in [0.05, 0.1) is 13.2 Å². The molecule has 0 aromatic heterocycles. The Kier molecular flexibility index (Phi) is 4.40. The van der Waals surface area contributed by atoms with Crippen LogP contribution >= 0.6 is 0 Å². The highest BCUT2D eigenvalue weighted by Gasteiger charge is 2.12. The second kappa shape index (κ2) is 6.06. The highest BCUT2D eigenvalue weighted by Crippen LogP contribution is 2.26. The summed E-state index contributed by atoms with van der Waals surface area (Å²) in [5, 5.41) is 10.3. The molecule has 20 heavy (non-hydrogen) atoms. The Hall–Kier alpha value is -1.87. The van der Waals surface area contributed by atoms with Crippen molar-refractivity contribution >= 4 is 0 Å². The van der Waals surface area contributed by atoms with Crippen molar-refractivity contribution in [3.8, 4) is 5.75 Å². The number of benzene rings is 2. The van der Waals surface area contributed by atoms with Crippen LogP contribution in [0.1, 0.15) is 28.4 Å². The van der Waals surface area contributed by atoms with E-state index in [1.165, 1.54) is 12.1 Å². The number of aliphatic hydroxyl groups excluding tert-OH is 1. The molecule has 0 spiro atoms. The third-order valence-corrected chi connectivity index (χ3v) is 3.54. The third-order valence-electron chi connectivity index (χ3n) is 3.54. The fraction of sp³-hybridized carbons (Fsp3) is 0.294. The molecular weight excluding hydrogens is 255 g/mol. The first-order valence-electron chi connectivity index (χ1n) is 6.59. The number of ether oxygens (including phenoxy) is 1. The molecule has 1 unspecified atom stereocenters. The largest absolute Gasteiger partial charge is 0.496 e. The van der Waals surface area contributed by atoms with Gasteiger partial charge < -0.3 is 9.84 Å². The standard InChI is InChI=1S/C17H19FO2/c1-11-5-7-15(18)8-14(11)9-16(19)13-6-4-12(2)17(10-13)20-3/h4-8,10,16,19H,9H2,1-3H3. The molecule has 0 aliphatic heterocycles. The highest BCUT2D eigenvalue weighted by atomic mass is 19.1. The van der Waals surface area contributed by atoms with E-state index in [4.69, 9.17) is 4.74 Å². The van der Waals surface area contributed by atoms with Crippen LogP contribution in [0.5, 0.6) is 5.75 Å². The summed E-state index contributed by atoms with van der Waals surface area (Å²) < 4.78 is 18.5. The van der Waals surface area contributed by atoms with Crippen molar-refractivity contribution < 1.29 is 14.2 Å². The van der Waals surface area contributed by atoms with Gasteiger partial charge in [0.2, 0.25) is 0 Å². The molecule has 0 aliphatic carbocycles. The van der Waals surface area contributed by atoms with E-state index in [9.17, 15) is 9.50 Å². The first-order valence-corrected chi connectivity index (χ1v) is 6.59. The maximum Gasteiger partial charge on any atom is 0.123 e. The van der Waals surface area contributed by atoms with Crippen molar-refractivity contribution in [3.63, 3.8) is 0 Å². The molecule has 0 saturated heterocycles. The van der Waals surface area contributed by atoms with E-state index in [1.54, 1.807) is 13.2 Å². The van der Waals surface area contributed by atoms with Gasteiger partial charge in [-0.1, -0.05) is 18.2 Å². The predicted molar refractivity (Wildman–Crippen MR) is 77.5 cm³/mol. The topological polar surface area (TPSA) is 29.5 Å². The normalized spacial score (nSPS) is 12.2. The van der Waals surface area contributed by atoms with Gasteiger partial charge in [0.15, 0.2) is 0 Å². The molecule has 0 amide bonds. The molecule has 0 heterocycles. The predicted octanol–water partition coefficient (Wildman–Crippen LogP) is 3.73. The molecule has 106 valence electrons. The Morgan fingerprint density at radius 1 is 1.10 bits per heavy atom. The Balaban J connectivity index is 2.23. The molecule has 3 heteroatoms. The number of rotatable bonds is 4. The Morgan fingerprint density at radius 3 is 2.50 bits per heavy atom. The summed E-state index contributed by atoms with van der Waals surface area (Å²) >= 11 is 0. The molecule has 2 aromatic carbocycles. The molecule has 0 saturated carbocycles. The van der Waals surface area contributed by atoms with Gasteiger partial charge in [-0.3, -0.25) is 0 Å². The van der Waals surface area contributed by atoms with Crippen molar-refractivity contribution in [2.75, 3.05) is 7.11 Å². The maximum absolute atomic E-state index is 13.3. The number of aliphatic hydroxyl groups is 1. The fourth-order valence-corrected chi connectivity index (χ4v) is 2.23. The molecule has 1 N–H and O–H groups in total. The lowest BCUT2D eigenvalue weighted by Crippen LogP contribution is -2.04. The molecule has 2 nitrogen and oxygen atoms in total. The van der Waals surface area contributed by atoms with Crippen molar-refractivity contribution in [1.82, 2.24) is 0 Å². The first kappa shape index (κ1) is 14.5. The van der Waals surface area contributed by atoms with Crippen molar-refractivity contribution in [2.45, 2.75) is 26.4 Å². The monoisotopic (exact) mass is 274 g/mol. The van der Waals surface area contributed by atoms with E-state index in [0.717, 1.165) is 28.0 Å². The average molecular weight is 274 g/mol. The lowest BCUT2D eigenvalue weighted by atomic mass is 9.97. The minimum atomic E-state index is -0.676. The summed E-state index contributed by atoms with van der Waals surface area (Å²) in [7, 11) is 1.61. The van der Waals surface area contributed by atoms with Gasteiger partial charge in [0.1, 0.15) is 11.6 Å². The summed E-state index contributed by atoms with van der Waals surface area (Å²) in [6, 6.07) is 10.2. The smallest absolute Gasteiger partial charge is 0.123 e. The quantitative estimate of drug-likeness (QED) is 0.920. The van der Waals surface area contributed by atoms with Crippen LogP contribution in [0, 0.1) is 19.7 Å². The number of halogens is 1. The molecule has 2 aromatic rings. The lowest BCUT2D eigenvalue weighted by molar-refractivity contribution is 0.177. The number of hydrogen-bond acceptors (Lipinski definition) is 2. The van der Waals surface area contributed by atoms with Crippen LogP contribution in [0.15, 0.2) is 36.4 Å². The van der Waals surface area contributed by atoms with E-state index in [1.807, 2.05) is 32.0 Å². The van der Waals surface area contributed by atoms with Crippen LogP contribution in [0.4, 0.5) is 4.39 Å². The molecule has 1 atom stereocenters. The summed E-state index contributed by atoms with van der Waals surface area (Å²) in [5.74, 6) is 0.469. The van der Waals surface area contributed by atoms with Gasteiger partial charge in [-0.25, -0.2) is 4.39 Å². The van der Waals surface area contributed by atoms with Crippen molar-refractivity contribution in [2.24, 2.45) is 0 Å². The van der Waals surface area contributed by atoms with Crippen molar-refractivity contribution in [3.05, 3.63) is 64.5 Å².